The highest BCUT2D eigenvalue weighted by Gasteiger charge is 2.34. The van der Waals surface area contributed by atoms with E-state index in [1.807, 2.05) is 19.0 Å². The molecule has 128 valence electrons. The first kappa shape index (κ1) is 17.9. The summed E-state index contributed by atoms with van der Waals surface area (Å²) in [6.45, 7) is 1.80. The third kappa shape index (κ3) is 5.59. The van der Waals surface area contributed by atoms with E-state index in [-0.39, 0.29) is 18.1 Å². The van der Waals surface area contributed by atoms with Gasteiger partial charge in [-0.2, -0.15) is 0 Å². The summed E-state index contributed by atoms with van der Waals surface area (Å²) < 4.78 is 13.0. The lowest BCUT2D eigenvalue weighted by atomic mass is 9.97. The van der Waals surface area contributed by atoms with E-state index in [9.17, 15) is 14.3 Å². The fourth-order valence-corrected chi connectivity index (χ4v) is 3.03. The predicted molar refractivity (Wildman–Crippen MR) is 88.4 cm³/mol. The van der Waals surface area contributed by atoms with Crippen molar-refractivity contribution in [1.82, 2.24) is 9.80 Å². The van der Waals surface area contributed by atoms with E-state index in [2.05, 4.69) is 0 Å². The van der Waals surface area contributed by atoms with Gasteiger partial charge in [-0.05, 0) is 44.6 Å². The molecule has 1 N–H and O–H groups in total. The van der Waals surface area contributed by atoms with Gasteiger partial charge in [-0.25, -0.2) is 4.39 Å². The first-order valence-electron chi connectivity index (χ1n) is 8.27. The Hall–Kier alpha value is -1.46. The Morgan fingerprint density at radius 3 is 2.35 bits per heavy atom. The van der Waals surface area contributed by atoms with Crippen LogP contribution in [0, 0.1) is 5.82 Å². The number of nitrogens with zero attached hydrogens (tertiary/aromatic N) is 2. The van der Waals surface area contributed by atoms with E-state index in [4.69, 9.17) is 0 Å². The maximum Gasteiger partial charge on any atom is 0.225 e. The number of carbonyl (C=O) groups is 1. The van der Waals surface area contributed by atoms with Crippen LogP contribution in [-0.4, -0.2) is 53.6 Å². The third-order valence-electron chi connectivity index (χ3n) is 4.47. The number of hydrogen-bond acceptors (Lipinski definition) is 3. The Morgan fingerprint density at radius 1 is 1.17 bits per heavy atom. The zero-order chi connectivity index (χ0) is 16.9. The van der Waals surface area contributed by atoms with E-state index in [1.54, 1.807) is 17.0 Å². The second-order valence-corrected chi connectivity index (χ2v) is 6.85. The predicted octanol–water partition coefficient (Wildman–Crippen LogP) is 2.41. The van der Waals surface area contributed by atoms with E-state index < -0.39 is 5.60 Å². The van der Waals surface area contributed by atoms with Gasteiger partial charge in [0.2, 0.25) is 5.91 Å². The van der Waals surface area contributed by atoms with Crippen LogP contribution in [-0.2, 0) is 11.3 Å². The lowest BCUT2D eigenvalue weighted by Crippen LogP contribution is -2.40. The van der Waals surface area contributed by atoms with Gasteiger partial charge < -0.3 is 14.9 Å². The Morgan fingerprint density at radius 2 is 1.78 bits per heavy atom. The van der Waals surface area contributed by atoms with Gasteiger partial charge in [0.05, 0.1) is 12.0 Å². The number of aliphatic hydroxyl groups is 1. The number of rotatable bonds is 7. The van der Waals surface area contributed by atoms with Gasteiger partial charge in [-0.1, -0.05) is 25.0 Å². The van der Waals surface area contributed by atoms with Gasteiger partial charge in [-0.3, -0.25) is 4.79 Å². The van der Waals surface area contributed by atoms with E-state index in [0.29, 0.717) is 25.9 Å². The van der Waals surface area contributed by atoms with Crippen LogP contribution >= 0.6 is 0 Å². The van der Waals surface area contributed by atoms with Crippen molar-refractivity contribution >= 4 is 5.91 Å². The Bertz CT molecular complexity index is 510. The molecule has 1 fully saturated rings. The van der Waals surface area contributed by atoms with Crippen molar-refractivity contribution in [3.05, 3.63) is 35.6 Å². The average molecular weight is 322 g/mol. The minimum Gasteiger partial charge on any atom is -0.389 e. The maximum absolute atomic E-state index is 13.0. The van der Waals surface area contributed by atoms with Crippen molar-refractivity contribution in [3.8, 4) is 0 Å². The van der Waals surface area contributed by atoms with Gasteiger partial charge in [0, 0.05) is 19.6 Å². The Balaban J connectivity index is 2.02. The number of benzene rings is 1. The molecule has 1 aromatic rings. The molecule has 0 aromatic heterocycles. The van der Waals surface area contributed by atoms with Crippen LogP contribution in [0.5, 0.6) is 0 Å². The Kier molecular flexibility index (Phi) is 6.13. The maximum atomic E-state index is 13.0. The summed E-state index contributed by atoms with van der Waals surface area (Å²) in [7, 11) is 3.93. The summed E-state index contributed by atoms with van der Waals surface area (Å²) in [4.78, 5) is 16.5. The van der Waals surface area contributed by atoms with Crippen molar-refractivity contribution in [2.45, 2.75) is 44.2 Å². The molecule has 0 bridgehead atoms. The van der Waals surface area contributed by atoms with Crippen molar-refractivity contribution < 1.29 is 14.3 Å². The summed E-state index contributed by atoms with van der Waals surface area (Å²) in [6.07, 6.45) is 3.56. The molecular formula is C18H27FN2O2. The molecule has 23 heavy (non-hydrogen) atoms. The highest BCUT2D eigenvalue weighted by molar-refractivity contribution is 5.77. The molecule has 0 heterocycles. The SMILES string of the molecule is CN(C)CCN(Cc1ccc(F)cc1)C(=O)CC1(O)CCCC1. The third-order valence-corrected chi connectivity index (χ3v) is 4.47. The molecule has 2 rings (SSSR count). The van der Waals surface area contributed by atoms with Gasteiger partial charge >= 0.3 is 0 Å². The summed E-state index contributed by atoms with van der Waals surface area (Å²) >= 11 is 0. The second-order valence-electron chi connectivity index (χ2n) is 6.85. The molecular weight excluding hydrogens is 295 g/mol. The molecule has 0 saturated heterocycles. The highest BCUT2D eigenvalue weighted by atomic mass is 19.1. The summed E-state index contributed by atoms with van der Waals surface area (Å²) in [5, 5.41) is 10.5. The first-order chi connectivity index (χ1) is 10.9. The van der Waals surface area contributed by atoms with Crippen molar-refractivity contribution in [1.29, 1.82) is 0 Å². The van der Waals surface area contributed by atoms with Crippen LogP contribution in [0.15, 0.2) is 24.3 Å². The molecule has 0 radical (unpaired) electrons. The van der Waals surface area contributed by atoms with Gasteiger partial charge in [-0.15, -0.1) is 0 Å². The molecule has 1 aromatic carbocycles. The monoisotopic (exact) mass is 322 g/mol. The highest BCUT2D eigenvalue weighted by Crippen LogP contribution is 2.32. The summed E-state index contributed by atoms with van der Waals surface area (Å²) in [6, 6.07) is 6.23. The molecule has 1 saturated carbocycles. The number of amides is 1. The minimum absolute atomic E-state index is 0.0272. The molecule has 0 atom stereocenters. The molecule has 4 nitrogen and oxygen atoms in total. The minimum atomic E-state index is -0.837. The normalized spacial score (nSPS) is 16.7. The zero-order valence-electron chi connectivity index (χ0n) is 14.1. The zero-order valence-corrected chi connectivity index (χ0v) is 14.1. The summed E-state index contributed by atoms with van der Waals surface area (Å²) in [5.74, 6) is -0.305. The fourth-order valence-electron chi connectivity index (χ4n) is 3.03. The molecule has 5 heteroatoms. The van der Waals surface area contributed by atoms with E-state index in [1.165, 1.54) is 12.1 Å². The van der Waals surface area contributed by atoms with Crippen molar-refractivity contribution in [2.24, 2.45) is 0 Å². The average Bonchev–Trinajstić information content (AvgIpc) is 2.91. The van der Waals surface area contributed by atoms with Crippen LogP contribution in [0.2, 0.25) is 0 Å². The standard InChI is InChI=1S/C18H27FN2O2/c1-20(2)11-12-21(14-15-5-7-16(19)8-6-15)17(22)13-18(23)9-3-4-10-18/h5-8,23H,3-4,9-14H2,1-2H3. The lowest BCUT2D eigenvalue weighted by Gasteiger charge is -2.29. The van der Waals surface area contributed by atoms with Gasteiger partial charge in [0.1, 0.15) is 5.82 Å². The number of hydrogen-bond donors (Lipinski definition) is 1. The summed E-state index contributed by atoms with van der Waals surface area (Å²) in [5.41, 5.74) is 0.0629. The van der Waals surface area contributed by atoms with Crippen LogP contribution in [0.1, 0.15) is 37.7 Å². The van der Waals surface area contributed by atoms with Gasteiger partial charge in [0.15, 0.2) is 0 Å². The molecule has 0 spiro atoms. The number of likely N-dealkylation sites (N-methyl/N-ethyl adjacent to an activating group) is 1. The molecule has 1 aliphatic rings. The largest absolute Gasteiger partial charge is 0.389 e. The molecule has 1 amide bonds. The van der Waals surface area contributed by atoms with E-state index >= 15 is 0 Å². The second kappa shape index (κ2) is 7.88. The van der Waals surface area contributed by atoms with Crippen LogP contribution in [0.25, 0.3) is 0 Å². The number of halogens is 1. The topological polar surface area (TPSA) is 43.8 Å². The molecule has 0 unspecified atom stereocenters. The van der Waals surface area contributed by atoms with Gasteiger partial charge in [0.25, 0.3) is 0 Å². The Labute approximate surface area is 137 Å². The molecule has 0 aliphatic heterocycles. The fraction of sp³-hybridized carbons (Fsp3) is 0.611. The number of carbonyl (C=O) groups excluding carboxylic acids is 1. The van der Waals surface area contributed by atoms with Crippen LogP contribution < -0.4 is 0 Å². The lowest BCUT2D eigenvalue weighted by molar-refractivity contribution is -0.137. The van der Waals surface area contributed by atoms with Crippen molar-refractivity contribution in [2.75, 3.05) is 27.2 Å². The van der Waals surface area contributed by atoms with Crippen LogP contribution in [0.3, 0.4) is 0 Å². The smallest absolute Gasteiger partial charge is 0.225 e. The quantitative estimate of drug-likeness (QED) is 0.838. The van der Waals surface area contributed by atoms with Crippen LogP contribution in [0.4, 0.5) is 4.39 Å². The van der Waals surface area contributed by atoms with Crippen molar-refractivity contribution in [3.63, 3.8) is 0 Å². The first-order valence-corrected chi connectivity index (χ1v) is 8.27. The van der Waals surface area contributed by atoms with E-state index in [0.717, 1.165) is 24.9 Å². The molecule has 1 aliphatic carbocycles.